The lowest BCUT2D eigenvalue weighted by Gasteiger charge is -2.28. The Kier molecular flexibility index (Phi) is 5.25. The van der Waals surface area contributed by atoms with Crippen molar-refractivity contribution >= 4 is 11.9 Å². The second kappa shape index (κ2) is 6.48. The summed E-state index contributed by atoms with van der Waals surface area (Å²) < 4.78 is 0. The Morgan fingerprint density at radius 1 is 1.38 bits per heavy atom. The van der Waals surface area contributed by atoms with E-state index in [9.17, 15) is 9.59 Å². The maximum atomic E-state index is 11.2. The molecule has 4 N–H and O–H groups in total. The molecule has 0 bridgehead atoms. The molecule has 1 rings (SSSR count). The van der Waals surface area contributed by atoms with E-state index in [-0.39, 0.29) is 12.5 Å². The Hall–Kier alpha value is -1.10. The van der Waals surface area contributed by atoms with Crippen LogP contribution in [-0.4, -0.2) is 24.5 Å². The number of carbonyl (C=O) groups excluding carboxylic acids is 2. The second-order valence-corrected chi connectivity index (χ2v) is 4.43. The van der Waals surface area contributed by atoms with Crippen molar-refractivity contribution in [2.45, 2.75) is 45.1 Å². The number of carbonyl (C=O) groups is 2. The molecule has 0 aromatic carbocycles. The highest BCUT2D eigenvalue weighted by molar-refractivity contribution is 5.94. The third kappa shape index (κ3) is 4.61. The van der Waals surface area contributed by atoms with Gasteiger partial charge in [-0.1, -0.05) is 26.2 Å². The summed E-state index contributed by atoms with van der Waals surface area (Å²) in [6.45, 7) is 2.37. The van der Waals surface area contributed by atoms with Gasteiger partial charge in [0.05, 0.1) is 6.54 Å². The fourth-order valence-corrected chi connectivity index (χ4v) is 2.27. The minimum absolute atomic E-state index is 0.171. The second-order valence-electron chi connectivity index (χ2n) is 4.43. The van der Waals surface area contributed by atoms with Gasteiger partial charge in [-0.2, -0.15) is 0 Å². The van der Waals surface area contributed by atoms with Crippen LogP contribution < -0.4 is 16.4 Å². The van der Waals surface area contributed by atoms with Crippen molar-refractivity contribution in [1.82, 2.24) is 10.6 Å². The van der Waals surface area contributed by atoms with Gasteiger partial charge in [-0.15, -0.1) is 0 Å². The first kappa shape index (κ1) is 13.0. The number of rotatable bonds is 4. The van der Waals surface area contributed by atoms with Gasteiger partial charge >= 0.3 is 6.03 Å². The molecule has 5 heteroatoms. The largest absolute Gasteiger partial charge is 0.351 e. The number of imide groups is 1. The van der Waals surface area contributed by atoms with Crippen LogP contribution in [0.1, 0.15) is 39.0 Å². The van der Waals surface area contributed by atoms with Crippen molar-refractivity contribution in [2.24, 2.45) is 11.7 Å². The summed E-state index contributed by atoms with van der Waals surface area (Å²) in [4.78, 5) is 21.6. The highest BCUT2D eigenvalue weighted by Crippen LogP contribution is 2.26. The molecular formula is C11H21N3O2. The zero-order valence-corrected chi connectivity index (χ0v) is 9.79. The molecule has 0 aromatic rings. The van der Waals surface area contributed by atoms with Crippen LogP contribution in [-0.2, 0) is 4.79 Å². The standard InChI is InChI=1S/C11H21N3O2/c1-2-8-4-3-5-9(6-8)13-7-10(15)14-11(12)16/h8-9,13H,2-7H2,1H3,(H3,12,14,15,16). The van der Waals surface area contributed by atoms with E-state index in [4.69, 9.17) is 5.73 Å². The number of amides is 3. The molecule has 2 atom stereocenters. The number of urea groups is 1. The maximum absolute atomic E-state index is 11.2. The zero-order valence-electron chi connectivity index (χ0n) is 9.79. The number of nitrogens with two attached hydrogens (primary N) is 1. The monoisotopic (exact) mass is 227 g/mol. The van der Waals surface area contributed by atoms with Crippen molar-refractivity contribution < 1.29 is 9.59 Å². The van der Waals surface area contributed by atoms with E-state index >= 15 is 0 Å². The highest BCUT2D eigenvalue weighted by atomic mass is 16.2. The lowest BCUT2D eigenvalue weighted by Crippen LogP contribution is -2.44. The number of nitrogens with one attached hydrogen (secondary N) is 2. The Morgan fingerprint density at radius 3 is 2.75 bits per heavy atom. The normalized spacial score (nSPS) is 25.1. The van der Waals surface area contributed by atoms with Crippen molar-refractivity contribution in [1.29, 1.82) is 0 Å². The number of hydrogen-bond acceptors (Lipinski definition) is 3. The molecule has 92 valence electrons. The van der Waals surface area contributed by atoms with Gasteiger partial charge in [0.1, 0.15) is 0 Å². The van der Waals surface area contributed by atoms with Gasteiger partial charge in [0.15, 0.2) is 0 Å². The SMILES string of the molecule is CCC1CCCC(NCC(=O)NC(N)=O)C1. The molecule has 0 radical (unpaired) electrons. The molecule has 0 heterocycles. The van der Waals surface area contributed by atoms with E-state index < -0.39 is 6.03 Å². The van der Waals surface area contributed by atoms with Gasteiger partial charge in [-0.3, -0.25) is 10.1 Å². The molecule has 1 saturated carbocycles. The van der Waals surface area contributed by atoms with Crippen molar-refractivity contribution in [3.05, 3.63) is 0 Å². The van der Waals surface area contributed by atoms with Crippen molar-refractivity contribution in [3.8, 4) is 0 Å². The zero-order chi connectivity index (χ0) is 12.0. The van der Waals surface area contributed by atoms with Crippen LogP contribution in [0, 0.1) is 5.92 Å². The van der Waals surface area contributed by atoms with Crippen molar-refractivity contribution in [3.63, 3.8) is 0 Å². The summed E-state index contributed by atoms with van der Waals surface area (Å²) in [5.74, 6) is 0.413. The summed E-state index contributed by atoms with van der Waals surface area (Å²) in [6, 6.07) is -0.390. The van der Waals surface area contributed by atoms with E-state index in [2.05, 4.69) is 12.2 Å². The van der Waals surface area contributed by atoms with Crippen LogP contribution >= 0.6 is 0 Å². The summed E-state index contributed by atoms with van der Waals surface area (Å²) >= 11 is 0. The van der Waals surface area contributed by atoms with Crippen LogP contribution in [0.5, 0.6) is 0 Å². The van der Waals surface area contributed by atoms with Crippen LogP contribution in [0.2, 0.25) is 0 Å². The Balaban J connectivity index is 2.21. The first-order valence-corrected chi connectivity index (χ1v) is 5.94. The molecule has 3 amide bonds. The van der Waals surface area contributed by atoms with Gasteiger partial charge in [0, 0.05) is 6.04 Å². The lowest BCUT2D eigenvalue weighted by atomic mass is 9.84. The van der Waals surface area contributed by atoms with Gasteiger partial charge in [0.2, 0.25) is 5.91 Å². The van der Waals surface area contributed by atoms with E-state index in [1.54, 1.807) is 0 Å². The fourth-order valence-electron chi connectivity index (χ4n) is 2.27. The average Bonchev–Trinajstić information content (AvgIpc) is 2.26. The van der Waals surface area contributed by atoms with Crippen molar-refractivity contribution in [2.75, 3.05) is 6.54 Å². The molecule has 1 aliphatic carbocycles. The van der Waals surface area contributed by atoms with E-state index in [1.807, 2.05) is 5.32 Å². The molecule has 0 spiro atoms. The highest BCUT2D eigenvalue weighted by Gasteiger charge is 2.20. The van der Waals surface area contributed by atoms with Gasteiger partial charge in [-0.05, 0) is 18.8 Å². The quantitative estimate of drug-likeness (QED) is 0.662. The van der Waals surface area contributed by atoms with E-state index in [0.29, 0.717) is 6.04 Å². The van der Waals surface area contributed by atoms with Crippen LogP contribution in [0.4, 0.5) is 4.79 Å². The molecule has 1 fully saturated rings. The minimum Gasteiger partial charge on any atom is -0.351 e. The smallest absolute Gasteiger partial charge is 0.318 e. The number of primary amides is 1. The van der Waals surface area contributed by atoms with Gasteiger partial charge in [-0.25, -0.2) is 4.79 Å². The number of hydrogen-bond donors (Lipinski definition) is 3. The van der Waals surface area contributed by atoms with E-state index in [0.717, 1.165) is 18.8 Å². The first-order chi connectivity index (χ1) is 7.61. The molecule has 1 aliphatic rings. The summed E-state index contributed by atoms with van der Waals surface area (Å²) in [5.41, 5.74) is 4.85. The fraction of sp³-hybridized carbons (Fsp3) is 0.818. The molecule has 16 heavy (non-hydrogen) atoms. The Labute approximate surface area is 96.1 Å². The van der Waals surface area contributed by atoms with Gasteiger partial charge in [0.25, 0.3) is 0 Å². The van der Waals surface area contributed by atoms with E-state index in [1.165, 1.54) is 19.3 Å². The minimum atomic E-state index is -0.790. The topological polar surface area (TPSA) is 84.2 Å². The molecule has 5 nitrogen and oxygen atoms in total. The Bertz CT molecular complexity index is 256. The first-order valence-electron chi connectivity index (χ1n) is 5.94. The molecule has 0 aliphatic heterocycles. The van der Waals surface area contributed by atoms with Gasteiger partial charge < -0.3 is 11.1 Å². The third-order valence-electron chi connectivity index (χ3n) is 3.17. The van der Waals surface area contributed by atoms with Crippen LogP contribution in [0.15, 0.2) is 0 Å². The van der Waals surface area contributed by atoms with Crippen LogP contribution in [0.3, 0.4) is 0 Å². The third-order valence-corrected chi connectivity index (χ3v) is 3.17. The molecule has 2 unspecified atom stereocenters. The maximum Gasteiger partial charge on any atom is 0.318 e. The average molecular weight is 227 g/mol. The Morgan fingerprint density at radius 2 is 2.12 bits per heavy atom. The predicted molar refractivity (Wildman–Crippen MR) is 61.8 cm³/mol. The lowest BCUT2D eigenvalue weighted by molar-refractivity contribution is -0.119. The van der Waals surface area contributed by atoms with Crippen LogP contribution in [0.25, 0.3) is 0 Å². The summed E-state index contributed by atoms with van der Waals surface area (Å²) in [7, 11) is 0. The summed E-state index contributed by atoms with van der Waals surface area (Å²) in [5, 5.41) is 5.22. The summed E-state index contributed by atoms with van der Waals surface area (Å²) in [6.07, 6.45) is 5.95. The molecular weight excluding hydrogens is 206 g/mol. The predicted octanol–water partition coefficient (Wildman–Crippen LogP) is 0.740. The molecule has 0 aromatic heterocycles. The molecule has 0 saturated heterocycles.